The van der Waals surface area contributed by atoms with Gasteiger partial charge in [0.25, 0.3) is 0 Å². The van der Waals surface area contributed by atoms with Crippen LogP contribution in [-0.4, -0.2) is 36.6 Å². The highest BCUT2D eigenvalue weighted by molar-refractivity contribution is 5.51. The van der Waals surface area contributed by atoms with E-state index in [1.807, 2.05) is 12.1 Å². The number of aromatic nitrogens is 1. The van der Waals surface area contributed by atoms with E-state index >= 15 is 0 Å². The quantitative estimate of drug-likeness (QED) is 0.509. The van der Waals surface area contributed by atoms with Gasteiger partial charge in [0.15, 0.2) is 0 Å². The summed E-state index contributed by atoms with van der Waals surface area (Å²) in [6, 6.07) is 4.31. The van der Waals surface area contributed by atoms with Gasteiger partial charge in [0.2, 0.25) is 0 Å². The molecule has 0 amide bonds. The third-order valence-electron chi connectivity index (χ3n) is 2.62. The third kappa shape index (κ3) is 5.33. The normalized spacial score (nSPS) is 12.8. The molecule has 0 aliphatic heterocycles. The van der Waals surface area contributed by atoms with Crippen LogP contribution in [0.5, 0.6) is 0 Å². The molecule has 0 saturated heterocycles. The summed E-state index contributed by atoms with van der Waals surface area (Å²) < 4.78 is 0. The summed E-state index contributed by atoms with van der Waals surface area (Å²) in [6.45, 7) is 5.49. The third-order valence-corrected chi connectivity index (χ3v) is 2.62. The molecule has 1 rings (SSSR count). The lowest BCUT2D eigenvalue weighted by Crippen LogP contribution is -2.33. The fourth-order valence-corrected chi connectivity index (χ4v) is 2.02. The van der Waals surface area contributed by atoms with Crippen molar-refractivity contribution in [2.75, 3.05) is 31.4 Å². The first-order valence-corrected chi connectivity index (χ1v) is 6.35. The number of hydrogen-bond acceptors (Lipinski definition) is 5. The summed E-state index contributed by atoms with van der Waals surface area (Å²) in [5, 5.41) is 3.54. The molecular weight excluding hydrogens is 226 g/mol. The minimum atomic E-state index is 0.424. The number of pyridine rings is 1. The first kappa shape index (κ1) is 14.7. The molecule has 0 bridgehead atoms. The highest BCUT2D eigenvalue weighted by Crippen LogP contribution is 2.15. The number of hydrazine groups is 1. The molecule has 1 aromatic heterocycles. The van der Waals surface area contributed by atoms with Crippen LogP contribution in [0.1, 0.15) is 20.3 Å². The van der Waals surface area contributed by atoms with Crippen molar-refractivity contribution >= 4 is 11.5 Å². The van der Waals surface area contributed by atoms with Crippen LogP contribution in [0.15, 0.2) is 18.3 Å². The van der Waals surface area contributed by atoms with Crippen LogP contribution in [0.25, 0.3) is 0 Å². The minimum absolute atomic E-state index is 0.424. The van der Waals surface area contributed by atoms with Crippen LogP contribution < -0.4 is 16.6 Å². The maximum atomic E-state index is 5.36. The first-order valence-electron chi connectivity index (χ1n) is 6.35. The van der Waals surface area contributed by atoms with E-state index in [1.165, 1.54) is 0 Å². The number of nitrogens with zero attached hydrogens (tertiary/aromatic N) is 2. The molecule has 1 atom stereocenters. The van der Waals surface area contributed by atoms with Crippen LogP contribution in [0, 0.1) is 5.92 Å². The van der Waals surface area contributed by atoms with Crippen molar-refractivity contribution in [3.63, 3.8) is 0 Å². The van der Waals surface area contributed by atoms with Gasteiger partial charge in [-0.05, 0) is 32.5 Å². The van der Waals surface area contributed by atoms with Gasteiger partial charge >= 0.3 is 0 Å². The molecule has 1 heterocycles. The van der Waals surface area contributed by atoms with Gasteiger partial charge in [-0.15, -0.1) is 0 Å². The lowest BCUT2D eigenvalue weighted by molar-refractivity contribution is 0.356. The number of hydrogen-bond donors (Lipinski definition) is 3. The highest BCUT2D eigenvalue weighted by Gasteiger charge is 2.12. The van der Waals surface area contributed by atoms with Crippen LogP contribution in [0.4, 0.5) is 11.5 Å². The molecule has 0 radical (unpaired) electrons. The topological polar surface area (TPSA) is 66.2 Å². The smallest absolute Gasteiger partial charge is 0.141 e. The average molecular weight is 251 g/mol. The Morgan fingerprint density at radius 3 is 2.67 bits per heavy atom. The highest BCUT2D eigenvalue weighted by atomic mass is 15.2. The van der Waals surface area contributed by atoms with Crippen LogP contribution in [-0.2, 0) is 0 Å². The number of nitrogens with two attached hydrogens (primary N) is 1. The average Bonchev–Trinajstić information content (AvgIpc) is 2.27. The van der Waals surface area contributed by atoms with Gasteiger partial charge in [-0.2, -0.15) is 0 Å². The van der Waals surface area contributed by atoms with Gasteiger partial charge in [0, 0.05) is 30.5 Å². The number of likely N-dealkylation sites (N-methyl/N-ethyl adjacent to an activating group) is 1. The number of nitrogen functional groups attached to an aromatic ring is 1. The van der Waals surface area contributed by atoms with Crippen molar-refractivity contribution in [2.24, 2.45) is 11.8 Å². The van der Waals surface area contributed by atoms with Crippen molar-refractivity contribution in [3.05, 3.63) is 18.3 Å². The Morgan fingerprint density at radius 2 is 2.11 bits per heavy atom. The first-order chi connectivity index (χ1) is 8.51. The van der Waals surface area contributed by atoms with Gasteiger partial charge < -0.3 is 15.6 Å². The van der Waals surface area contributed by atoms with E-state index in [2.05, 4.69) is 48.6 Å². The van der Waals surface area contributed by atoms with Crippen molar-refractivity contribution < 1.29 is 0 Å². The molecule has 0 aromatic carbocycles. The van der Waals surface area contributed by atoms with Crippen LogP contribution in [0.2, 0.25) is 0 Å². The van der Waals surface area contributed by atoms with E-state index in [0.717, 1.165) is 18.7 Å². The monoisotopic (exact) mass is 251 g/mol. The fraction of sp³-hybridized carbons (Fsp3) is 0.615. The summed E-state index contributed by atoms with van der Waals surface area (Å²) >= 11 is 0. The Labute approximate surface area is 110 Å². The second-order valence-corrected chi connectivity index (χ2v) is 5.31. The molecule has 0 aliphatic carbocycles. The van der Waals surface area contributed by atoms with Crippen molar-refractivity contribution in [2.45, 2.75) is 26.3 Å². The van der Waals surface area contributed by atoms with Gasteiger partial charge in [-0.1, -0.05) is 13.8 Å². The second kappa shape index (κ2) is 7.18. The Balaban J connectivity index is 2.68. The van der Waals surface area contributed by atoms with Crippen molar-refractivity contribution in [1.29, 1.82) is 0 Å². The summed E-state index contributed by atoms with van der Waals surface area (Å²) in [5.41, 5.74) is 3.61. The summed E-state index contributed by atoms with van der Waals surface area (Å²) in [6.07, 6.45) is 2.88. The molecule has 5 heteroatoms. The van der Waals surface area contributed by atoms with E-state index < -0.39 is 0 Å². The molecule has 1 unspecified atom stereocenters. The molecule has 0 saturated carbocycles. The van der Waals surface area contributed by atoms with Gasteiger partial charge in [-0.25, -0.2) is 10.8 Å². The van der Waals surface area contributed by atoms with Gasteiger partial charge in [0.1, 0.15) is 5.82 Å². The predicted octanol–water partition coefficient (Wildman–Crippen LogP) is 1.76. The number of anilines is 2. The number of rotatable bonds is 7. The summed E-state index contributed by atoms with van der Waals surface area (Å²) in [4.78, 5) is 6.30. The molecular formula is C13H25N5. The zero-order valence-electron chi connectivity index (χ0n) is 11.8. The maximum Gasteiger partial charge on any atom is 0.141 e. The Bertz CT molecular complexity index is 341. The number of nitrogens with one attached hydrogen (secondary N) is 2. The Hall–Kier alpha value is -1.33. The molecule has 0 spiro atoms. The second-order valence-electron chi connectivity index (χ2n) is 5.31. The molecule has 1 aromatic rings. The van der Waals surface area contributed by atoms with E-state index in [9.17, 15) is 0 Å². The zero-order valence-corrected chi connectivity index (χ0v) is 11.8. The maximum absolute atomic E-state index is 5.36. The zero-order chi connectivity index (χ0) is 13.5. The van der Waals surface area contributed by atoms with Crippen molar-refractivity contribution in [3.8, 4) is 0 Å². The van der Waals surface area contributed by atoms with E-state index in [0.29, 0.717) is 17.8 Å². The van der Waals surface area contributed by atoms with E-state index in [1.54, 1.807) is 6.20 Å². The molecule has 4 N–H and O–H groups in total. The molecule has 5 nitrogen and oxygen atoms in total. The summed E-state index contributed by atoms with van der Waals surface area (Å²) in [5.74, 6) is 6.70. The van der Waals surface area contributed by atoms with Gasteiger partial charge in [0.05, 0.1) is 0 Å². The predicted molar refractivity (Wildman–Crippen MR) is 77.5 cm³/mol. The fourth-order valence-electron chi connectivity index (χ4n) is 2.02. The molecule has 0 aliphatic rings. The minimum Gasteiger partial charge on any atom is -0.381 e. The Kier molecular flexibility index (Phi) is 5.88. The van der Waals surface area contributed by atoms with Crippen LogP contribution >= 0.6 is 0 Å². The van der Waals surface area contributed by atoms with Crippen LogP contribution in [0.3, 0.4) is 0 Å². The molecule has 0 fully saturated rings. The molecule has 102 valence electrons. The SMILES string of the molecule is CC(C)CC(CN(C)C)Nc1ccnc(NN)c1. The lowest BCUT2D eigenvalue weighted by atomic mass is 10.0. The largest absolute Gasteiger partial charge is 0.381 e. The summed E-state index contributed by atoms with van der Waals surface area (Å²) in [7, 11) is 4.18. The van der Waals surface area contributed by atoms with E-state index in [-0.39, 0.29) is 0 Å². The lowest BCUT2D eigenvalue weighted by Gasteiger charge is -2.25. The van der Waals surface area contributed by atoms with E-state index in [4.69, 9.17) is 5.84 Å². The van der Waals surface area contributed by atoms with Crippen molar-refractivity contribution in [1.82, 2.24) is 9.88 Å². The Morgan fingerprint density at radius 1 is 1.39 bits per heavy atom. The van der Waals surface area contributed by atoms with Gasteiger partial charge in [-0.3, -0.25) is 0 Å². The standard InChI is InChI=1S/C13H25N5/c1-10(2)7-12(9-18(3)4)16-11-5-6-15-13(8-11)17-14/h5-6,8,10,12H,7,9,14H2,1-4H3,(H2,15,16,17). The molecule has 18 heavy (non-hydrogen) atoms.